The van der Waals surface area contributed by atoms with Gasteiger partial charge in [-0.15, -0.1) is 0 Å². The van der Waals surface area contributed by atoms with Gasteiger partial charge in [0.1, 0.15) is 0 Å². The molecule has 2 nitrogen and oxygen atoms in total. The summed E-state index contributed by atoms with van der Waals surface area (Å²) >= 11 is 3.61. The lowest BCUT2D eigenvalue weighted by Gasteiger charge is -2.13. The Morgan fingerprint density at radius 1 is 1.17 bits per heavy atom. The van der Waals surface area contributed by atoms with Crippen molar-refractivity contribution in [2.45, 2.75) is 32.2 Å². The van der Waals surface area contributed by atoms with Crippen LogP contribution in [0.5, 0.6) is 0 Å². The van der Waals surface area contributed by atoms with Gasteiger partial charge < -0.3 is 0 Å². The standard InChI is InChI=1S/C15H19BrN2/c1-12(2)18-9-8-15(17-18)10-14(11-16)13-6-4-3-5-7-13/h3-9,12,14H,10-11H2,1-2H3. The Morgan fingerprint density at radius 2 is 1.89 bits per heavy atom. The highest BCUT2D eigenvalue weighted by Gasteiger charge is 2.12. The molecule has 0 fully saturated rings. The molecule has 18 heavy (non-hydrogen) atoms. The maximum absolute atomic E-state index is 4.62. The average Bonchev–Trinajstić information content (AvgIpc) is 2.86. The highest BCUT2D eigenvalue weighted by molar-refractivity contribution is 9.09. The molecule has 0 aliphatic carbocycles. The number of alkyl halides is 1. The van der Waals surface area contributed by atoms with Gasteiger partial charge in [0.25, 0.3) is 0 Å². The zero-order valence-electron chi connectivity index (χ0n) is 10.9. The maximum Gasteiger partial charge on any atom is 0.0631 e. The summed E-state index contributed by atoms with van der Waals surface area (Å²) in [5.74, 6) is 0.488. The normalized spacial score (nSPS) is 12.9. The van der Waals surface area contributed by atoms with E-state index < -0.39 is 0 Å². The summed E-state index contributed by atoms with van der Waals surface area (Å²) in [7, 11) is 0. The SMILES string of the molecule is CC(C)n1ccc(CC(CBr)c2ccccc2)n1. The van der Waals surface area contributed by atoms with E-state index >= 15 is 0 Å². The van der Waals surface area contributed by atoms with Gasteiger partial charge in [0, 0.05) is 17.6 Å². The molecule has 1 atom stereocenters. The van der Waals surface area contributed by atoms with Crippen LogP contribution < -0.4 is 0 Å². The first-order valence-corrected chi connectivity index (χ1v) is 7.47. The summed E-state index contributed by atoms with van der Waals surface area (Å²) in [5.41, 5.74) is 2.53. The van der Waals surface area contributed by atoms with E-state index in [9.17, 15) is 0 Å². The quantitative estimate of drug-likeness (QED) is 0.758. The van der Waals surface area contributed by atoms with Gasteiger partial charge in [-0.2, -0.15) is 5.10 Å². The number of nitrogens with zero attached hydrogens (tertiary/aromatic N) is 2. The molecular weight excluding hydrogens is 288 g/mol. The zero-order valence-corrected chi connectivity index (χ0v) is 12.5. The van der Waals surface area contributed by atoms with Crippen LogP contribution in [0.15, 0.2) is 42.6 Å². The molecule has 1 aromatic heterocycles. The number of aromatic nitrogens is 2. The minimum absolute atomic E-state index is 0.429. The van der Waals surface area contributed by atoms with Gasteiger partial charge in [0.2, 0.25) is 0 Å². The van der Waals surface area contributed by atoms with E-state index in [4.69, 9.17) is 0 Å². The first-order chi connectivity index (χ1) is 8.70. The molecule has 0 aliphatic heterocycles. The van der Waals surface area contributed by atoms with E-state index in [2.05, 4.69) is 77.5 Å². The van der Waals surface area contributed by atoms with Crippen molar-refractivity contribution in [1.82, 2.24) is 9.78 Å². The number of benzene rings is 1. The van der Waals surface area contributed by atoms with Gasteiger partial charge in [0.05, 0.1) is 5.69 Å². The van der Waals surface area contributed by atoms with Crippen molar-refractivity contribution < 1.29 is 0 Å². The van der Waals surface area contributed by atoms with Crippen LogP contribution in [0.1, 0.15) is 37.1 Å². The largest absolute Gasteiger partial charge is 0.270 e. The molecule has 1 unspecified atom stereocenters. The van der Waals surface area contributed by atoms with Gasteiger partial charge >= 0.3 is 0 Å². The summed E-state index contributed by atoms with van der Waals surface area (Å²) in [6.45, 7) is 4.30. The first kappa shape index (κ1) is 13.3. The zero-order chi connectivity index (χ0) is 13.0. The fraction of sp³-hybridized carbons (Fsp3) is 0.400. The molecule has 1 aromatic carbocycles. The van der Waals surface area contributed by atoms with E-state index in [1.54, 1.807) is 0 Å². The van der Waals surface area contributed by atoms with E-state index in [1.807, 2.05) is 4.68 Å². The van der Waals surface area contributed by atoms with Gasteiger partial charge in [-0.05, 0) is 37.8 Å². The van der Waals surface area contributed by atoms with Gasteiger partial charge in [-0.25, -0.2) is 0 Å². The monoisotopic (exact) mass is 306 g/mol. The molecule has 2 rings (SSSR count). The molecule has 0 saturated carbocycles. The van der Waals surface area contributed by atoms with Crippen molar-refractivity contribution in [3.8, 4) is 0 Å². The topological polar surface area (TPSA) is 17.8 Å². The molecule has 0 radical (unpaired) electrons. The minimum atomic E-state index is 0.429. The number of halogens is 1. The van der Waals surface area contributed by atoms with E-state index in [-0.39, 0.29) is 0 Å². The second-order valence-electron chi connectivity index (χ2n) is 4.85. The van der Waals surface area contributed by atoms with Crippen molar-refractivity contribution in [2.75, 3.05) is 5.33 Å². The molecule has 0 spiro atoms. The Labute approximate surface area is 117 Å². The van der Waals surface area contributed by atoms with E-state index in [1.165, 1.54) is 5.56 Å². The Kier molecular flexibility index (Phi) is 4.59. The average molecular weight is 307 g/mol. The predicted molar refractivity (Wildman–Crippen MR) is 79.3 cm³/mol. The third kappa shape index (κ3) is 3.22. The molecule has 2 aromatic rings. The minimum Gasteiger partial charge on any atom is -0.270 e. The van der Waals surface area contributed by atoms with Gasteiger partial charge in [0.15, 0.2) is 0 Å². The molecule has 1 heterocycles. The first-order valence-electron chi connectivity index (χ1n) is 6.35. The molecule has 96 valence electrons. The van der Waals surface area contributed by atoms with Crippen LogP contribution in [0.4, 0.5) is 0 Å². The molecule has 0 amide bonds. The Hall–Kier alpha value is -1.09. The smallest absolute Gasteiger partial charge is 0.0631 e. The highest BCUT2D eigenvalue weighted by Crippen LogP contribution is 2.22. The van der Waals surface area contributed by atoms with E-state index in [0.717, 1.165) is 17.4 Å². The van der Waals surface area contributed by atoms with E-state index in [0.29, 0.717) is 12.0 Å². The highest BCUT2D eigenvalue weighted by atomic mass is 79.9. The Morgan fingerprint density at radius 3 is 2.44 bits per heavy atom. The fourth-order valence-corrected chi connectivity index (χ4v) is 2.62. The summed E-state index contributed by atoms with van der Waals surface area (Å²) in [5, 5.41) is 5.58. The van der Waals surface area contributed by atoms with Crippen molar-refractivity contribution >= 4 is 15.9 Å². The third-order valence-electron chi connectivity index (χ3n) is 3.11. The van der Waals surface area contributed by atoms with Crippen molar-refractivity contribution in [3.63, 3.8) is 0 Å². The second kappa shape index (κ2) is 6.19. The van der Waals surface area contributed by atoms with Crippen LogP contribution in [-0.2, 0) is 6.42 Å². The van der Waals surface area contributed by atoms with Gasteiger partial charge in [-0.3, -0.25) is 4.68 Å². The molecule has 0 saturated heterocycles. The van der Waals surface area contributed by atoms with Crippen molar-refractivity contribution in [3.05, 3.63) is 53.9 Å². The molecular formula is C15H19BrN2. The second-order valence-corrected chi connectivity index (χ2v) is 5.49. The molecule has 0 bridgehead atoms. The molecule has 0 aliphatic rings. The molecule has 3 heteroatoms. The maximum atomic E-state index is 4.62. The summed E-state index contributed by atoms with van der Waals surface area (Å²) in [6.07, 6.45) is 3.05. The van der Waals surface area contributed by atoms with Gasteiger partial charge in [-0.1, -0.05) is 46.3 Å². The Balaban J connectivity index is 2.10. The van der Waals surface area contributed by atoms with Crippen LogP contribution in [0, 0.1) is 0 Å². The predicted octanol–water partition coefficient (Wildman–Crippen LogP) is 4.19. The lowest BCUT2D eigenvalue weighted by atomic mass is 9.96. The third-order valence-corrected chi connectivity index (χ3v) is 3.89. The van der Waals surface area contributed by atoms with Crippen molar-refractivity contribution in [1.29, 1.82) is 0 Å². The van der Waals surface area contributed by atoms with Crippen LogP contribution in [-0.4, -0.2) is 15.1 Å². The fourth-order valence-electron chi connectivity index (χ4n) is 2.01. The number of hydrogen-bond donors (Lipinski definition) is 0. The molecule has 0 N–H and O–H groups in total. The van der Waals surface area contributed by atoms with Crippen molar-refractivity contribution in [2.24, 2.45) is 0 Å². The lowest BCUT2D eigenvalue weighted by molar-refractivity contribution is 0.524. The number of rotatable bonds is 5. The Bertz CT molecular complexity index is 476. The summed E-state index contributed by atoms with van der Waals surface area (Å²) in [6, 6.07) is 13.2. The number of hydrogen-bond acceptors (Lipinski definition) is 1. The van der Waals surface area contributed by atoms with Crippen LogP contribution in [0.3, 0.4) is 0 Å². The lowest BCUT2D eigenvalue weighted by Crippen LogP contribution is -2.07. The van der Waals surface area contributed by atoms with Crippen LogP contribution in [0.25, 0.3) is 0 Å². The van der Waals surface area contributed by atoms with Crippen LogP contribution in [0.2, 0.25) is 0 Å². The summed E-state index contributed by atoms with van der Waals surface area (Å²) in [4.78, 5) is 0. The van der Waals surface area contributed by atoms with Crippen LogP contribution >= 0.6 is 15.9 Å². The summed E-state index contributed by atoms with van der Waals surface area (Å²) < 4.78 is 2.02.